The lowest BCUT2D eigenvalue weighted by Gasteiger charge is -2.49. The second-order valence-corrected chi connectivity index (χ2v) is 3.98. The number of primary amides is 1. The molecule has 5 heteroatoms. The van der Waals surface area contributed by atoms with Crippen LogP contribution in [0.3, 0.4) is 0 Å². The quantitative estimate of drug-likeness (QED) is 0.413. The molecule has 0 unspecified atom stereocenters. The van der Waals surface area contributed by atoms with Crippen LogP contribution >= 0.6 is 0 Å². The Morgan fingerprint density at radius 3 is 2.08 bits per heavy atom. The summed E-state index contributed by atoms with van der Waals surface area (Å²) in [4.78, 5) is 13.3. The van der Waals surface area contributed by atoms with Crippen LogP contribution in [-0.2, 0) is 4.79 Å². The average molecular weight is 297 g/mol. The van der Waals surface area contributed by atoms with Crippen molar-refractivity contribution in [3.63, 3.8) is 0 Å². The molecule has 2 bridgehead atoms. The average Bonchev–Trinajstić information content (AvgIpc) is 2.05. The second-order valence-electron chi connectivity index (χ2n) is 3.98. The topological polar surface area (TPSA) is 46.3 Å². The van der Waals surface area contributed by atoms with Crippen LogP contribution in [0.2, 0.25) is 0 Å². The van der Waals surface area contributed by atoms with Crippen molar-refractivity contribution in [1.29, 1.82) is 0 Å². The summed E-state index contributed by atoms with van der Waals surface area (Å²) >= 11 is 0. The Kier molecular flexibility index (Phi) is 3.53. The second kappa shape index (κ2) is 4.10. The summed E-state index contributed by atoms with van der Waals surface area (Å²) in [6.07, 6.45) is 0. The highest BCUT2D eigenvalue weighted by atomic mass is 127. The first kappa shape index (κ1) is 11.2. The molecule has 1 amide bonds. The fraction of sp³-hybridized carbons (Fsp3) is 0.875. The first-order valence-electron chi connectivity index (χ1n) is 4.56. The number of fused-ring (bicyclic) bond motifs is 3. The smallest absolute Gasteiger partial charge is 0.272 e. The van der Waals surface area contributed by atoms with E-state index in [1.807, 2.05) is 0 Å². The zero-order valence-corrected chi connectivity index (χ0v) is 9.87. The lowest BCUT2D eigenvalue weighted by atomic mass is 10.1. The Morgan fingerprint density at radius 1 is 1.23 bits per heavy atom. The molecule has 0 radical (unpaired) electrons. The summed E-state index contributed by atoms with van der Waals surface area (Å²) in [5.41, 5.74) is 5.23. The number of hydrogen-bond acceptors (Lipinski definition) is 2. The van der Waals surface area contributed by atoms with E-state index in [4.69, 9.17) is 5.73 Å². The largest absolute Gasteiger partial charge is 1.00 e. The number of carbonyl (C=O) groups is 1. The predicted molar refractivity (Wildman–Crippen MR) is 45.4 cm³/mol. The highest BCUT2D eigenvalue weighted by Crippen LogP contribution is 2.18. The fourth-order valence-electron chi connectivity index (χ4n) is 2.30. The Morgan fingerprint density at radius 2 is 1.69 bits per heavy atom. The molecule has 3 aliphatic heterocycles. The number of rotatable bonds is 2. The summed E-state index contributed by atoms with van der Waals surface area (Å²) in [7, 11) is 0. The normalized spacial score (nSPS) is 36.8. The molecule has 0 aliphatic carbocycles. The molecule has 0 aromatic carbocycles. The number of carbonyl (C=O) groups excluding carboxylic acids is 1. The van der Waals surface area contributed by atoms with Crippen LogP contribution in [0.25, 0.3) is 0 Å². The Labute approximate surface area is 95.7 Å². The van der Waals surface area contributed by atoms with Gasteiger partial charge in [-0.15, -0.1) is 0 Å². The molecular weight excluding hydrogens is 281 g/mol. The molecule has 0 aromatic heterocycles. The van der Waals surface area contributed by atoms with Gasteiger partial charge in [-0.2, -0.15) is 0 Å². The molecule has 0 aromatic rings. The van der Waals surface area contributed by atoms with Gasteiger partial charge in [0.2, 0.25) is 0 Å². The molecule has 2 N–H and O–H groups in total. The lowest BCUT2D eigenvalue weighted by molar-refractivity contribution is -0.933. The molecular formula is C8H16IN3O. The number of halogens is 1. The van der Waals surface area contributed by atoms with Gasteiger partial charge in [0.15, 0.2) is 6.54 Å². The highest BCUT2D eigenvalue weighted by Gasteiger charge is 2.39. The number of nitrogens with two attached hydrogens (primary N) is 1. The van der Waals surface area contributed by atoms with Gasteiger partial charge >= 0.3 is 0 Å². The minimum Gasteiger partial charge on any atom is -1.00 e. The fourth-order valence-corrected chi connectivity index (χ4v) is 2.30. The van der Waals surface area contributed by atoms with Gasteiger partial charge in [-0.05, 0) is 0 Å². The molecule has 3 aliphatic rings. The Hall–Kier alpha value is 0.120. The summed E-state index contributed by atoms with van der Waals surface area (Å²) in [5.74, 6) is -0.148. The molecule has 0 saturated carbocycles. The zero-order chi connectivity index (χ0) is 8.60. The standard InChI is InChI=1S/C8H15N3O.HI/c9-8(12)7-11-4-1-10(2-5-11)3-6-11;/h1-7H2,(H-,9,12);1H. The number of piperazine rings is 3. The minimum atomic E-state index is -0.148. The summed E-state index contributed by atoms with van der Waals surface area (Å²) in [5, 5.41) is 0. The maximum Gasteiger partial charge on any atom is 0.272 e. The molecule has 13 heavy (non-hydrogen) atoms. The van der Waals surface area contributed by atoms with Crippen molar-refractivity contribution in [2.75, 3.05) is 45.8 Å². The van der Waals surface area contributed by atoms with Gasteiger partial charge in [0.05, 0.1) is 19.6 Å². The molecule has 76 valence electrons. The third-order valence-electron chi connectivity index (χ3n) is 3.16. The summed E-state index contributed by atoms with van der Waals surface area (Å²) < 4.78 is 0.950. The van der Waals surface area contributed by atoms with Crippen molar-refractivity contribution in [3.05, 3.63) is 0 Å². The van der Waals surface area contributed by atoms with E-state index in [2.05, 4.69) is 4.90 Å². The summed E-state index contributed by atoms with van der Waals surface area (Å²) in [6, 6.07) is 0. The highest BCUT2D eigenvalue weighted by molar-refractivity contribution is 5.74. The monoisotopic (exact) mass is 297 g/mol. The van der Waals surface area contributed by atoms with Gasteiger partial charge < -0.3 is 34.2 Å². The van der Waals surface area contributed by atoms with Crippen molar-refractivity contribution in [2.24, 2.45) is 5.73 Å². The van der Waals surface area contributed by atoms with Gasteiger partial charge in [0, 0.05) is 19.6 Å². The van der Waals surface area contributed by atoms with E-state index in [9.17, 15) is 4.79 Å². The first-order chi connectivity index (χ1) is 5.70. The van der Waals surface area contributed by atoms with Gasteiger partial charge in [0.1, 0.15) is 0 Å². The SMILES string of the molecule is NC(=O)C[N+]12CCN(CC1)CC2.[I-]. The van der Waals surface area contributed by atoms with E-state index >= 15 is 0 Å². The van der Waals surface area contributed by atoms with E-state index in [-0.39, 0.29) is 29.9 Å². The zero-order valence-electron chi connectivity index (χ0n) is 7.71. The molecule has 3 heterocycles. The molecule has 4 nitrogen and oxygen atoms in total. The third-order valence-corrected chi connectivity index (χ3v) is 3.16. The minimum absolute atomic E-state index is 0. The van der Waals surface area contributed by atoms with Crippen molar-refractivity contribution < 1.29 is 33.3 Å². The van der Waals surface area contributed by atoms with Gasteiger partial charge in [-0.3, -0.25) is 9.69 Å². The lowest BCUT2D eigenvalue weighted by Crippen LogP contribution is -3.00. The number of quaternary nitrogens is 1. The van der Waals surface area contributed by atoms with E-state index in [0.29, 0.717) is 6.54 Å². The van der Waals surface area contributed by atoms with Crippen LogP contribution in [0, 0.1) is 0 Å². The predicted octanol–water partition coefficient (Wildman–Crippen LogP) is -4.38. The van der Waals surface area contributed by atoms with E-state index in [1.165, 1.54) is 0 Å². The maximum absolute atomic E-state index is 10.8. The Bertz CT molecular complexity index is 188. The third kappa shape index (κ3) is 2.32. The Balaban J connectivity index is 0.000000845. The van der Waals surface area contributed by atoms with Crippen LogP contribution in [0.15, 0.2) is 0 Å². The van der Waals surface area contributed by atoms with Crippen molar-refractivity contribution in [2.45, 2.75) is 0 Å². The molecule has 3 fully saturated rings. The summed E-state index contributed by atoms with van der Waals surface area (Å²) in [6.45, 7) is 7.33. The van der Waals surface area contributed by atoms with Crippen LogP contribution in [0.5, 0.6) is 0 Å². The van der Waals surface area contributed by atoms with E-state index in [1.54, 1.807) is 0 Å². The first-order valence-corrected chi connectivity index (χ1v) is 4.56. The van der Waals surface area contributed by atoms with E-state index < -0.39 is 0 Å². The van der Waals surface area contributed by atoms with Crippen molar-refractivity contribution in [1.82, 2.24) is 4.90 Å². The molecule has 0 spiro atoms. The van der Waals surface area contributed by atoms with Crippen molar-refractivity contribution >= 4 is 5.91 Å². The van der Waals surface area contributed by atoms with Crippen LogP contribution < -0.4 is 29.7 Å². The van der Waals surface area contributed by atoms with Gasteiger partial charge in [-0.1, -0.05) is 0 Å². The number of amides is 1. The molecule has 0 atom stereocenters. The van der Waals surface area contributed by atoms with Gasteiger partial charge in [0.25, 0.3) is 5.91 Å². The number of hydrogen-bond donors (Lipinski definition) is 1. The maximum atomic E-state index is 10.8. The van der Waals surface area contributed by atoms with Gasteiger partial charge in [-0.25, -0.2) is 0 Å². The number of nitrogens with zero attached hydrogens (tertiary/aromatic N) is 2. The van der Waals surface area contributed by atoms with Crippen LogP contribution in [-0.4, -0.2) is 61.1 Å². The van der Waals surface area contributed by atoms with Crippen LogP contribution in [0.1, 0.15) is 0 Å². The van der Waals surface area contributed by atoms with Crippen molar-refractivity contribution in [3.8, 4) is 0 Å². The van der Waals surface area contributed by atoms with E-state index in [0.717, 1.165) is 43.8 Å². The molecule has 3 rings (SSSR count). The molecule has 3 saturated heterocycles. The van der Waals surface area contributed by atoms with Crippen LogP contribution in [0.4, 0.5) is 0 Å².